The maximum absolute atomic E-state index is 5.63. The van der Waals surface area contributed by atoms with Crippen LogP contribution in [0.5, 0.6) is 0 Å². The number of hydrogen-bond acceptors (Lipinski definition) is 4. The molecule has 0 saturated heterocycles. The minimum atomic E-state index is 0.465. The molecule has 14 heavy (non-hydrogen) atoms. The Bertz CT molecular complexity index is 463. The fraction of sp³-hybridized carbons (Fsp3) is 0.125. The third-order valence-electron chi connectivity index (χ3n) is 1.67. The molecule has 0 unspecified atom stereocenters. The van der Waals surface area contributed by atoms with E-state index in [4.69, 9.17) is 11.6 Å². The van der Waals surface area contributed by atoms with Crippen molar-refractivity contribution in [1.82, 2.24) is 19.9 Å². The van der Waals surface area contributed by atoms with E-state index in [1.165, 1.54) is 6.33 Å². The van der Waals surface area contributed by atoms with Gasteiger partial charge in [0.2, 0.25) is 0 Å². The van der Waals surface area contributed by atoms with Crippen LogP contribution >= 0.6 is 11.6 Å². The smallest absolute Gasteiger partial charge is 0.182 e. The van der Waals surface area contributed by atoms with Crippen molar-refractivity contribution in [2.24, 2.45) is 0 Å². The lowest BCUT2D eigenvalue weighted by Gasteiger charge is -2.03. The number of hydrogen-bond donors (Lipinski definition) is 2. The first-order valence-corrected chi connectivity index (χ1v) is 4.36. The average Bonchev–Trinajstić information content (AvgIpc) is 2.62. The molecule has 2 N–H and O–H groups in total. The molecule has 0 aliphatic rings. The molecule has 0 saturated carbocycles. The molecule has 0 aliphatic carbocycles. The Hall–Kier alpha value is -1.62. The predicted octanol–water partition coefficient (Wildman–Crippen LogP) is 1.52. The maximum Gasteiger partial charge on any atom is 0.182 e. The van der Waals surface area contributed by atoms with Gasteiger partial charge in [-0.1, -0.05) is 18.2 Å². The van der Waals surface area contributed by atoms with Crippen LogP contribution in [0.4, 0.5) is 5.82 Å². The summed E-state index contributed by atoms with van der Waals surface area (Å²) in [5.74, 6) is 0.675. The van der Waals surface area contributed by atoms with E-state index in [1.54, 1.807) is 6.33 Å². The van der Waals surface area contributed by atoms with Crippen molar-refractivity contribution in [2.45, 2.75) is 0 Å². The molecule has 0 spiro atoms. The largest absolute Gasteiger partial charge is 0.363 e. The average molecular weight is 210 g/mol. The second kappa shape index (κ2) is 3.63. The first kappa shape index (κ1) is 8.96. The molecule has 0 fully saturated rings. The van der Waals surface area contributed by atoms with Gasteiger partial charge >= 0.3 is 0 Å². The van der Waals surface area contributed by atoms with Gasteiger partial charge in [0.15, 0.2) is 11.5 Å². The van der Waals surface area contributed by atoms with E-state index in [2.05, 4.69) is 31.8 Å². The SMILES string of the molecule is C=C(Cl)CNc1ncnc2nc[nH]c12. The van der Waals surface area contributed by atoms with Gasteiger partial charge in [0.1, 0.15) is 11.8 Å². The van der Waals surface area contributed by atoms with E-state index < -0.39 is 0 Å². The van der Waals surface area contributed by atoms with Crippen LogP contribution in [0.3, 0.4) is 0 Å². The van der Waals surface area contributed by atoms with Crippen LogP contribution in [0.15, 0.2) is 24.3 Å². The van der Waals surface area contributed by atoms with Gasteiger partial charge in [0, 0.05) is 5.03 Å². The van der Waals surface area contributed by atoms with Gasteiger partial charge in [0.05, 0.1) is 12.9 Å². The molecule has 72 valence electrons. The lowest BCUT2D eigenvalue weighted by molar-refractivity contribution is 1.16. The van der Waals surface area contributed by atoms with Crippen molar-refractivity contribution in [3.63, 3.8) is 0 Å². The molecule has 0 bridgehead atoms. The molecule has 0 radical (unpaired) electrons. The Morgan fingerprint density at radius 2 is 2.36 bits per heavy atom. The second-order valence-corrected chi connectivity index (χ2v) is 3.23. The molecule has 2 aromatic heterocycles. The number of anilines is 1. The van der Waals surface area contributed by atoms with Crippen molar-refractivity contribution < 1.29 is 0 Å². The summed E-state index contributed by atoms with van der Waals surface area (Å²) >= 11 is 5.63. The summed E-state index contributed by atoms with van der Waals surface area (Å²) in [5, 5.41) is 3.54. The van der Waals surface area contributed by atoms with Crippen molar-refractivity contribution in [3.8, 4) is 0 Å². The number of H-pyrrole nitrogens is 1. The number of aromatic amines is 1. The summed E-state index contributed by atoms with van der Waals surface area (Å²) in [6, 6.07) is 0. The Morgan fingerprint density at radius 3 is 3.14 bits per heavy atom. The van der Waals surface area contributed by atoms with Crippen molar-refractivity contribution in [2.75, 3.05) is 11.9 Å². The third-order valence-corrected chi connectivity index (χ3v) is 1.80. The van der Waals surface area contributed by atoms with Crippen LogP contribution in [0.2, 0.25) is 0 Å². The summed E-state index contributed by atoms with van der Waals surface area (Å²) in [7, 11) is 0. The highest BCUT2D eigenvalue weighted by Gasteiger charge is 2.04. The van der Waals surface area contributed by atoms with Crippen LogP contribution in [0, 0.1) is 0 Å². The predicted molar refractivity (Wildman–Crippen MR) is 55.2 cm³/mol. The highest BCUT2D eigenvalue weighted by Crippen LogP contribution is 2.14. The molecular weight excluding hydrogens is 202 g/mol. The van der Waals surface area contributed by atoms with Gasteiger partial charge in [-0.05, 0) is 0 Å². The third kappa shape index (κ3) is 1.67. The minimum Gasteiger partial charge on any atom is -0.363 e. The van der Waals surface area contributed by atoms with Crippen LogP contribution in [-0.4, -0.2) is 26.5 Å². The molecule has 2 heterocycles. The maximum atomic E-state index is 5.63. The number of fused-ring (bicyclic) bond motifs is 1. The summed E-state index contributed by atoms with van der Waals surface area (Å²) in [6.07, 6.45) is 3.02. The molecular formula is C8H8ClN5. The number of rotatable bonds is 3. The fourth-order valence-electron chi connectivity index (χ4n) is 1.08. The van der Waals surface area contributed by atoms with Gasteiger partial charge in [-0.3, -0.25) is 0 Å². The first-order valence-electron chi connectivity index (χ1n) is 3.98. The molecule has 5 nitrogen and oxygen atoms in total. The van der Waals surface area contributed by atoms with Gasteiger partial charge in [-0.2, -0.15) is 0 Å². The number of aromatic nitrogens is 4. The van der Waals surface area contributed by atoms with Crippen molar-refractivity contribution in [1.29, 1.82) is 0 Å². The molecule has 2 rings (SSSR count). The number of nitrogens with one attached hydrogen (secondary N) is 2. The van der Waals surface area contributed by atoms with E-state index in [0.717, 1.165) is 5.52 Å². The van der Waals surface area contributed by atoms with Crippen molar-refractivity contribution >= 4 is 28.6 Å². The zero-order chi connectivity index (χ0) is 9.97. The monoisotopic (exact) mass is 209 g/mol. The van der Waals surface area contributed by atoms with Crippen molar-refractivity contribution in [3.05, 3.63) is 24.3 Å². The standard InChI is InChI=1S/C8H8ClN5/c1-5(9)2-10-7-6-8(12-3-11-6)14-4-13-7/h3-4H,1-2H2,(H2,10,11,12,13,14). The molecule has 0 aliphatic heterocycles. The van der Waals surface area contributed by atoms with E-state index in [0.29, 0.717) is 23.0 Å². The molecule has 0 amide bonds. The topological polar surface area (TPSA) is 66.5 Å². The van der Waals surface area contributed by atoms with Gasteiger partial charge in [-0.15, -0.1) is 0 Å². The highest BCUT2D eigenvalue weighted by molar-refractivity contribution is 6.29. The Kier molecular flexibility index (Phi) is 2.32. The Balaban J connectivity index is 2.32. The highest BCUT2D eigenvalue weighted by atomic mass is 35.5. The lowest BCUT2D eigenvalue weighted by atomic mass is 10.5. The quantitative estimate of drug-likeness (QED) is 0.805. The summed E-state index contributed by atoms with van der Waals surface area (Å²) in [5.41, 5.74) is 1.40. The number of halogens is 1. The zero-order valence-corrected chi connectivity index (χ0v) is 8.04. The summed E-state index contributed by atoms with van der Waals surface area (Å²) in [4.78, 5) is 15.0. The van der Waals surface area contributed by atoms with Crippen LogP contribution in [0.25, 0.3) is 11.2 Å². The van der Waals surface area contributed by atoms with Crippen LogP contribution in [0.1, 0.15) is 0 Å². The Labute approximate surface area is 85.2 Å². The van der Waals surface area contributed by atoms with Crippen LogP contribution < -0.4 is 5.32 Å². The first-order chi connectivity index (χ1) is 6.77. The van der Waals surface area contributed by atoms with E-state index >= 15 is 0 Å². The van der Waals surface area contributed by atoms with Gasteiger partial charge in [0.25, 0.3) is 0 Å². The second-order valence-electron chi connectivity index (χ2n) is 2.69. The van der Waals surface area contributed by atoms with E-state index in [-0.39, 0.29) is 0 Å². The van der Waals surface area contributed by atoms with Gasteiger partial charge < -0.3 is 10.3 Å². The molecule has 2 aromatic rings. The lowest BCUT2D eigenvalue weighted by Crippen LogP contribution is -2.03. The zero-order valence-electron chi connectivity index (χ0n) is 7.29. The fourth-order valence-corrected chi connectivity index (χ4v) is 1.15. The number of nitrogens with zero attached hydrogens (tertiary/aromatic N) is 3. The van der Waals surface area contributed by atoms with E-state index in [1.807, 2.05) is 0 Å². The van der Waals surface area contributed by atoms with Gasteiger partial charge in [-0.25, -0.2) is 15.0 Å². The van der Waals surface area contributed by atoms with Crippen LogP contribution in [-0.2, 0) is 0 Å². The molecule has 0 atom stereocenters. The molecule has 6 heteroatoms. The number of imidazole rings is 1. The summed E-state index contributed by atoms with van der Waals surface area (Å²) in [6.45, 7) is 4.04. The normalized spacial score (nSPS) is 10.4. The summed E-state index contributed by atoms with van der Waals surface area (Å²) < 4.78 is 0. The Morgan fingerprint density at radius 1 is 1.50 bits per heavy atom. The molecule has 0 aromatic carbocycles. The minimum absolute atomic E-state index is 0.465. The van der Waals surface area contributed by atoms with E-state index in [9.17, 15) is 0 Å².